The molecule has 3 heterocycles. The Kier molecular flexibility index (Phi) is 4.66. The second-order valence-electron chi connectivity index (χ2n) is 7.51. The number of hydrogen-bond donors (Lipinski definition) is 1. The molecule has 0 bridgehead atoms. The van der Waals surface area contributed by atoms with Crippen LogP contribution in [0.2, 0.25) is 0 Å². The third kappa shape index (κ3) is 3.32. The second-order valence-corrected chi connectivity index (χ2v) is 7.51. The standard InChI is InChI=1S/C20H26N4O2/c1-13(2)26-19(25)17-10-9-16-18-14(6-5-11-24(16)17)12-21-20(23-18)22-15-7-3-4-8-15/h9-10,12-13,15H,3-8,11H2,1-2H3,(H,21,22,23). The highest BCUT2D eigenvalue weighted by atomic mass is 16.5. The molecular formula is C20H26N4O2. The van der Waals surface area contributed by atoms with E-state index in [9.17, 15) is 4.79 Å². The number of fused-ring (bicyclic) bond motifs is 3. The Morgan fingerprint density at radius 3 is 2.85 bits per heavy atom. The molecule has 2 aromatic heterocycles. The zero-order chi connectivity index (χ0) is 18.1. The van der Waals surface area contributed by atoms with Crippen molar-refractivity contribution in [2.45, 2.75) is 71.1 Å². The molecule has 1 N–H and O–H groups in total. The lowest BCUT2D eigenvalue weighted by molar-refractivity contribution is 0.0365. The first-order valence-electron chi connectivity index (χ1n) is 9.65. The van der Waals surface area contributed by atoms with Gasteiger partial charge in [-0.1, -0.05) is 12.8 Å². The topological polar surface area (TPSA) is 69.0 Å². The molecule has 1 saturated carbocycles. The van der Waals surface area contributed by atoms with Crippen molar-refractivity contribution < 1.29 is 9.53 Å². The lowest BCUT2D eigenvalue weighted by atomic mass is 10.1. The van der Waals surface area contributed by atoms with Crippen molar-refractivity contribution in [1.82, 2.24) is 14.5 Å². The van der Waals surface area contributed by atoms with E-state index in [1.54, 1.807) is 0 Å². The fraction of sp³-hybridized carbons (Fsp3) is 0.550. The van der Waals surface area contributed by atoms with Crippen LogP contribution in [0.1, 0.15) is 62.0 Å². The zero-order valence-electron chi connectivity index (χ0n) is 15.5. The fourth-order valence-electron chi connectivity index (χ4n) is 3.93. The highest BCUT2D eigenvalue weighted by Gasteiger charge is 2.24. The van der Waals surface area contributed by atoms with Gasteiger partial charge in [0.25, 0.3) is 0 Å². The van der Waals surface area contributed by atoms with Crippen molar-refractivity contribution in [2.75, 3.05) is 5.32 Å². The maximum Gasteiger partial charge on any atom is 0.355 e. The first-order valence-corrected chi connectivity index (χ1v) is 9.65. The van der Waals surface area contributed by atoms with Gasteiger partial charge in [0.15, 0.2) is 0 Å². The first-order chi connectivity index (χ1) is 12.6. The molecule has 0 amide bonds. The van der Waals surface area contributed by atoms with Crippen molar-refractivity contribution in [3.8, 4) is 11.4 Å². The minimum absolute atomic E-state index is 0.128. The van der Waals surface area contributed by atoms with Crippen LogP contribution in [0, 0.1) is 0 Å². The van der Waals surface area contributed by atoms with Gasteiger partial charge in [-0.3, -0.25) is 0 Å². The number of esters is 1. The maximum absolute atomic E-state index is 12.4. The normalized spacial score (nSPS) is 16.9. The molecule has 0 spiro atoms. The summed E-state index contributed by atoms with van der Waals surface area (Å²) in [6.07, 6.45) is 8.59. The van der Waals surface area contributed by atoms with Crippen LogP contribution >= 0.6 is 0 Å². The average Bonchev–Trinajstić information content (AvgIpc) is 3.22. The number of carbonyl (C=O) groups excluding carboxylic acids is 1. The van der Waals surface area contributed by atoms with Crippen molar-refractivity contribution in [3.63, 3.8) is 0 Å². The van der Waals surface area contributed by atoms with E-state index < -0.39 is 0 Å². The second kappa shape index (κ2) is 7.09. The summed E-state index contributed by atoms with van der Waals surface area (Å²) in [5.41, 5.74) is 3.65. The summed E-state index contributed by atoms with van der Waals surface area (Å²) in [4.78, 5) is 21.8. The Labute approximate surface area is 154 Å². The molecule has 6 nitrogen and oxygen atoms in total. The highest BCUT2D eigenvalue weighted by molar-refractivity contribution is 5.89. The molecule has 2 aliphatic rings. The third-order valence-corrected chi connectivity index (χ3v) is 5.16. The van der Waals surface area contributed by atoms with Crippen LogP contribution in [-0.2, 0) is 17.7 Å². The molecular weight excluding hydrogens is 328 g/mol. The fourth-order valence-corrected chi connectivity index (χ4v) is 3.93. The molecule has 0 aromatic carbocycles. The molecule has 1 aliphatic heterocycles. The lowest BCUT2D eigenvalue weighted by Gasteiger charge is -2.14. The van der Waals surface area contributed by atoms with Gasteiger partial charge in [0.05, 0.1) is 17.5 Å². The number of rotatable bonds is 4. The summed E-state index contributed by atoms with van der Waals surface area (Å²) < 4.78 is 7.44. The smallest absolute Gasteiger partial charge is 0.355 e. The molecule has 0 atom stereocenters. The van der Waals surface area contributed by atoms with Gasteiger partial charge >= 0.3 is 5.97 Å². The molecule has 0 radical (unpaired) electrons. The van der Waals surface area contributed by atoms with Gasteiger partial charge in [-0.05, 0) is 57.2 Å². The summed E-state index contributed by atoms with van der Waals surface area (Å²) in [6.45, 7) is 4.52. The molecule has 0 unspecified atom stereocenters. The van der Waals surface area contributed by atoms with Crippen LogP contribution in [0.4, 0.5) is 5.95 Å². The van der Waals surface area contributed by atoms with Gasteiger partial charge in [-0.25, -0.2) is 14.8 Å². The predicted molar refractivity (Wildman–Crippen MR) is 100 cm³/mol. The zero-order valence-corrected chi connectivity index (χ0v) is 15.5. The Morgan fingerprint density at radius 2 is 2.08 bits per heavy atom. The molecule has 0 saturated heterocycles. The average molecular weight is 354 g/mol. The predicted octanol–water partition coefficient (Wildman–Crippen LogP) is 3.81. The van der Waals surface area contributed by atoms with Crippen LogP contribution in [0.15, 0.2) is 18.3 Å². The molecule has 2 aromatic rings. The summed E-state index contributed by atoms with van der Waals surface area (Å²) in [5.74, 6) is 0.421. The van der Waals surface area contributed by atoms with Gasteiger partial charge in [-0.2, -0.15) is 0 Å². The number of carbonyl (C=O) groups is 1. The minimum atomic E-state index is -0.270. The van der Waals surface area contributed by atoms with E-state index in [4.69, 9.17) is 9.72 Å². The number of aromatic nitrogens is 3. The number of nitrogens with zero attached hydrogens (tertiary/aromatic N) is 3. The summed E-state index contributed by atoms with van der Waals surface area (Å²) >= 11 is 0. The molecule has 138 valence electrons. The molecule has 6 heteroatoms. The van der Waals surface area contributed by atoms with E-state index in [0.29, 0.717) is 17.7 Å². The number of anilines is 1. The molecule has 26 heavy (non-hydrogen) atoms. The number of ether oxygens (including phenoxy) is 1. The Hall–Kier alpha value is -2.37. The van der Waals surface area contributed by atoms with E-state index in [0.717, 1.165) is 36.3 Å². The summed E-state index contributed by atoms with van der Waals surface area (Å²) in [6, 6.07) is 4.30. The van der Waals surface area contributed by atoms with E-state index in [1.165, 1.54) is 25.7 Å². The monoisotopic (exact) mass is 354 g/mol. The number of hydrogen-bond acceptors (Lipinski definition) is 5. The van der Waals surface area contributed by atoms with Gasteiger partial charge in [0.2, 0.25) is 5.95 Å². The van der Waals surface area contributed by atoms with Crippen molar-refractivity contribution >= 4 is 11.9 Å². The van der Waals surface area contributed by atoms with Crippen LogP contribution in [0.3, 0.4) is 0 Å². The SMILES string of the molecule is CC(C)OC(=O)c1ccc2n1CCCc1cnc(NC3CCCC3)nc1-2. The number of nitrogens with one attached hydrogen (secondary N) is 1. The van der Waals surface area contributed by atoms with E-state index in [1.807, 2.05) is 36.7 Å². The van der Waals surface area contributed by atoms with Gasteiger partial charge in [-0.15, -0.1) is 0 Å². The Morgan fingerprint density at radius 1 is 1.27 bits per heavy atom. The summed E-state index contributed by atoms with van der Waals surface area (Å²) in [7, 11) is 0. The Bertz CT molecular complexity index is 806. The lowest BCUT2D eigenvalue weighted by Crippen LogP contribution is -2.17. The highest BCUT2D eigenvalue weighted by Crippen LogP contribution is 2.30. The third-order valence-electron chi connectivity index (χ3n) is 5.16. The van der Waals surface area contributed by atoms with E-state index in [2.05, 4.69) is 10.3 Å². The van der Waals surface area contributed by atoms with Crippen LogP contribution < -0.4 is 5.32 Å². The van der Waals surface area contributed by atoms with Gasteiger partial charge < -0.3 is 14.6 Å². The van der Waals surface area contributed by atoms with Crippen LogP contribution in [0.5, 0.6) is 0 Å². The van der Waals surface area contributed by atoms with Crippen molar-refractivity contribution in [1.29, 1.82) is 0 Å². The van der Waals surface area contributed by atoms with E-state index >= 15 is 0 Å². The van der Waals surface area contributed by atoms with Crippen molar-refractivity contribution in [3.05, 3.63) is 29.6 Å². The minimum Gasteiger partial charge on any atom is -0.458 e. The van der Waals surface area contributed by atoms with Crippen LogP contribution in [-0.4, -0.2) is 32.7 Å². The van der Waals surface area contributed by atoms with Gasteiger partial charge in [0.1, 0.15) is 5.69 Å². The number of aryl methyl sites for hydroxylation is 1. The molecule has 1 aliphatic carbocycles. The van der Waals surface area contributed by atoms with E-state index in [-0.39, 0.29) is 12.1 Å². The van der Waals surface area contributed by atoms with Crippen LogP contribution in [0.25, 0.3) is 11.4 Å². The van der Waals surface area contributed by atoms with Gasteiger partial charge in [0, 0.05) is 18.8 Å². The summed E-state index contributed by atoms with van der Waals surface area (Å²) in [5, 5.41) is 3.47. The molecule has 1 fully saturated rings. The quantitative estimate of drug-likeness (QED) is 0.846. The molecule has 4 rings (SSSR count). The van der Waals surface area contributed by atoms with Crippen molar-refractivity contribution in [2.24, 2.45) is 0 Å². The maximum atomic E-state index is 12.4. The largest absolute Gasteiger partial charge is 0.458 e. The Balaban J connectivity index is 1.67. The first kappa shape index (κ1) is 17.1.